The second-order valence-corrected chi connectivity index (χ2v) is 33.7. The van der Waals surface area contributed by atoms with Gasteiger partial charge in [0.25, 0.3) is 0 Å². The molecule has 4 atom stereocenters. The summed E-state index contributed by atoms with van der Waals surface area (Å²) in [4.78, 5) is 53.4. The van der Waals surface area contributed by atoms with Crippen LogP contribution in [-0.2, 0) is 66.2 Å². The standard InChI is InChI=1S/2C24H33ClN2O.C24H32ClNO2.C15H16ClNOS.CH4/c2*1-18(28)24(2,3)14-8-4-5-11-23(20-9-6-7-10-21(20)25)27-16-13-22-19(17-27)12-15-26-22;1-18(27)24(2,3)14-8-4-5-11-22(20-9-6-7-10-21(20)25)26-15-12-23-19(17-26)13-16-28-23;16-13-4-2-1-3-12(13)14(10-18)17-7-5-15-11(9-17)6-8-19-15;/h2*6-7,9-10,12,15,23,26H,4-5,8,11,13-14,16-17H2,1-3H3;6-7,9-10,13,16,22H,4-5,8,11-12,14-15,17H2,1-3H3;1-4,6,8,14,18H,5,7,9-10H2;1H4. The van der Waals surface area contributed by atoms with E-state index < -0.39 is 0 Å². The third-order valence-electron chi connectivity index (χ3n) is 22.8. The molecule has 8 heterocycles. The number of halogens is 4. The molecule has 0 spiro atoms. The minimum Gasteiger partial charge on any atom is -0.469 e. The lowest BCUT2D eigenvalue weighted by Crippen LogP contribution is -2.35. The molecule has 0 aliphatic carbocycles. The molecule has 8 aromatic rings. The number of aromatic nitrogens is 2. The molecule has 12 rings (SSSR count). The molecule has 3 N–H and O–H groups in total. The molecule has 16 heteroatoms. The smallest absolute Gasteiger partial charge is 0.135 e. The molecule has 4 unspecified atom stereocenters. The Morgan fingerprint density at radius 2 is 0.788 bits per heavy atom. The first-order chi connectivity index (χ1) is 49.4. The van der Waals surface area contributed by atoms with Gasteiger partial charge in [0.15, 0.2) is 0 Å². The fraction of sp³-hybridized carbons (Fsp3) is 0.511. The van der Waals surface area contributed by atoms with Crippen LogP contribution in [-0.4, -0.2) is 84.8 Å². The number of furan rings is 1. The summed E-state index contributed by atoms with van der Waals surface area (Å²) in [5, 5.41) is 15.2. The van der Waals surface area contributed by atoms with E-state index in [9.17, 15) is 19.5 Å². The van der Waals surface area contributed by atoms with Crippen LogP contribution in [0, 0.1) is 16.2 Å². The summed E-state index contributed by atoms with van der Waals surface area (Å²) in [6.07, 6.45) is 26.4. The minimum atomic E-state index is -0.202. The van der Waals surface area contributed by atoms with Crippen molar-refractivity contribution in [2.45, 2.75) is 242 Å². The maximum Gasteiger partial charge on any atom is 0.135 e. The first-order valence-electron chi connectivity index (χ1n) is 37.9. The summed E-state index contributed by atoms with van der Waals surface area (Å²) in [6.45, 7) is 25.4. The average molecular weight is 1510 g/mol. The van der Waals surface area contributed by atoms with E-state index >= 15 is 0 Å². The molecule has 0 radical (unpaired) electrons. The zero-order chi connectivity index (χ0) is 73.7. The number of rotatable bonds is 30. The summed E-state index contributed by atoms with van der Waals surface area (Å²) in [5.41, 5.74) is 12.4. The first-order valence-corrected chi connectivity index (χ1v) is 40.3. The van der Waals surface area contributed by atoms with Crippen LogP contribution in [0.2, 0.25) is 20.1 Å². The number of aliphatic hydroxyl groups is 1. The van der Waals surface area contributed by atoms with Crippen LogP contribution in [0.4, 0.5) is 0 Å². The van der Waals surface area contributed by atoms with E-state index in [0.717, 1.165) is 206 Å². The number of unbranched alkanes of at least 4 members (excludes halogenated alkanes) is 6. The molecule has 0 fully saturated rings. The number of thiophene rings is 1. The van der Waals surface area contributed by atoms with Crippen molar-refractivity contribution in [1.29, 1.82) is 0 Å². The van der Waals surface area contributed by atoms with Crippen LogP contribution < -0.4 is 0 Å². The van der Waals surface area contributed by atoms with Crippen LogP contribution in [0.25, 0.3) is 0 Å². The van der Waals surface area contributed by atoms with E-state index in [2.05, 4.69) is 150 Å². The van der Waals surface area contributed by atoms with Gasteiger partial charge in [0.1, 0.15) is 23.1 Å². The zero-order valence-corrected chi connectivity index (χ0v) is 66.6. The van der Waals surface area contributed by atoms with Gasteiger partial charge in [-0.25, -0.2) is 0 Å². The molecular formula is C88H118Cl4N6O5S. The van der Waals surface area contributed by atoms with Gasteiger partial charge in [0.05, 0.1) is 18.9 Å². The molecule has 4 aromatic carbocycles. The van der Waals surface area contributed by atoms with Gasteiger partial charge < -0.3 is 19.5 Å². The van der Waals surface area contributed by atoms with Gasteiger partial charge >= 0.3 is 0 Å². The summed E-state index contributed by atoms with van der Waals surface area (Å²) in [6, 6.07) is 42.3. The van der Waals surface area contributed by atoms with Crippen LogP contribution in [0.1, 0.15) is 257 Å². The van der Waals surface area contributed by atoms with E-state index in [1.54, 1.807) is 27.0 Å². The van der Waals surface area contributed by atoms with Crippen molar-refractivity contribution >= 4 is 75.1 Å². The second kappa shape index (κ2) is 40.5. The quantitative estimate of drug-likeness (QED) is 0.0377. The molecule has 0 saturated carbocycles. The van der Waals surface area contributed by atoms with Crippen molar-refractivity contribution in [3.63, 3.8) is 0 Å². The molecule has 11 nitrogen and oxygen atoms in total. The Morgan fingerprint density at radius 3 is 1.17 bits per heavy atom. The van der Waals surface area contributed by atoms with E-state index in [1.165, 1.54) is 55.2 Å². The number of hydrogen-bond acceptors (Lipinski definition) is 10. The highest BCUT2D eigenvalue weighted by molar-refractivity contribution is 7.10. The molecule has 0 bridgehead atoms. The highest BCUT2D eigenvalue weighted by atomic mass is 35.5. The normalized spacial score (nSPS) is 16.1. The number of aliphatic hydroxyl groups excluding tert-OH is 1. The highest BCUT2D eigenvalue weighted by Gasteiger charge is 2.33. The van der Waals surface area contributed by atoms with Crippen molar-refractivity contribution in [3.8, 4) is 0 Å². The molecule has 0 amide bonds. The molecule has 564 valence electrons. The van der Waals surface area contributed by atoms with Crippen molar-refractivity contribution in [2.24, 2.45) is 16.2 Å². The number of Topliss-reactive ketones (excluding diaryl/α,β-unsaturated/α-hetero) is 3. The largest absolute Gasteiger partial charge is 0.469 e. The van der Waals surface area contributed by atoms with Crippen molar-refractivity contribution in [3.05, 3.63) is 232 Å². The number of H-pyrrole nitrogens is 2. The van der Waals surface area contributed by atoms with Gasteiger partial charge in [0, 0.05) is 160 Å². The molecule has 4 aliphatic rings. The number of carbonyl (C=O) groups is 3. The zero-order valence-electron chi connectivity index (χ0n) is 62.8. The summed E-state index contributed by atoms with van der Waals surface area (Å²) in [7, 11) is 0. The van der Waals surface area contributed by atoms with E-state index in [1.807, 2.05) is 72.0 Å². The van der Waals surface area contributed by atoms with Gasteiger partial charge in [-0.2, -0.15) is 0 Å². The maximum absolute atomic E-state index is 11.7. The Labute approximate surface area is 647 Å². The summed E-state index contributed by atoms with van der Waals surface area (Å²) in [5.74, 6) is 1.99. The Hall–Kier alpha value is -5.61. The summed E-state index contributed by atoms with van der Waals surface area (Å²) >= 11 is 27.8. The van der Waals surface area contributed by atoms with E-state index in [4.69, 9.17) is 50.8 Å². The average Bonchev–Trinajstić information content (AvgIpc) is 1.62. The summed E-state index contributed by atoms with van der Waals surface area (Å²) < 4.78 is 5.60. The van der Waals surface area contributed by atoms with E-state index in [-0.39, 0.29) is 53.7 Å². The number of benzene rings is 4. The highest BCUT2D eigenvalue weighted by Crippen LogP contribution is 2.41. The van der Waals surface area contributed by atoms with Crippen LogP contribution in [0.5, 0.6) is 0 Å². The van der Waals surface area contributed by atoms with Gasteiger partial charge in [-0.15, -0.1) is 11.3 Å². The molecular weight excluding hydrogens is 1390 g/mol. The molecule has 104 heavy (non-hydrogen) atoms. The molecule has 4 aliphatic heterocycles. The molecule has 0 saturated heterocycles. The minimum absolute atomic E-state index is 0. The fourth-order valence-electron chi connectivity index (χ4n) is 15.1. The Bertz CT molecular complexity index is 3640. The van der Waals surface area contributed by atoms with Gasteiger partial charge in [-0.3, -0.25) is 34.0 Å². The lowest BCUT2D eigenvalue weighted by atomic mass is 9.83. The number of fused-ring (bicyclic) bond motifs is 4. The third kappa shape index (κ3) is 23.5. The van der Waals surface area contributed by atoms with Crippen molar-refractivity contribution in [2.75, 3.05) is 32.8 Å². The lowest BCUT2D eigenvalue weighted by Gasteiger charge is -2.35. The van der Waals surface area contributed by atoms with Gasteiger partial charge in [-0.05, 0) is 159 Å². The topological polar surface area (TPSA) is 129 Å². The number of hydrogen-bond donors (Lipinski definition) is 3. The predicted molar refractivity (Wildman–Crippen MR) is 434 cm³/mol. The first kappa shape index (κ1) is 84.0. The molecule has 4 aromatic heterocycles. The van der Waals surface area contributed by atoms with Crippen molar-refractivity contribution < 1.29 is 23.9 Å². The van der Waals surface area contributed by atoms with Gasteiger partial charge in [-0.1, -0.05) is 226 Å². The number of nitrogens with one attached hydrogen (secondary N) is 2. The van der Waals surface area contributed by atoms with Crippen LogP contribution in [0.3, 0.4) is 0 Å². The fourth-order valence-corrected chi connectivity index (χ4v) is 17.1. The third-order valence-corrected chi connectivity index (χ3v) is 25.2. The number of ketones is 3. The number of carbonyl (C=O) groups excluding carboxylic acids is 3. The second-order valence-electron chi connectivity index (χ2n) is 31.0. The monoisotopic (exact) mass is 1510 g/mol. The maximum atomic E-state index is 11.7. The van der Waals surface area contributed by atoms with E-state index in [0.29, 0.717) is 18.1 Å². The number of nitrogens with zero attached hydrogens (tertiary/aromatic N) is 4. The lowest BCUT2D eigenvalue weighted by molar-refractivity contribution is -0.125. The van der Waals surface area contributed by atoms with Crippen molar-refractivity contribution in [1.82, 2.24) is 29.6 Å². The SMILES string of the molecule is C.CC(=O)C(C)(C)CCCCCC(c1ccccc1Cl)N1CCc2[nH]ccc2C1.CC(=O)C(C)(C)CCCCCC(c1ccccc1Cl)N1CCc2[nH]ccc2C1.CC(=O)C(C)(C)CCCCCC(c1ccccc1Cl)N1CCc2occc2C1.OCC(c1ccccc1Cl)N1CCc2sccc2C1. The van der Waals surface area contributed by atoms with Crippen LogP contribution in [0.15, 0.2) is 150 Å². The van der Waals surface area contributed by atoms with Crippen LogP contribution >= 0.6 is 57.7 Å². The number of aromatic amines is 2. The Kier molecular flexibility index (Phi) is 32.8. The van der Waals surface area contributed by atoms with Gasteiger partial charge in [0.2, 0.25) is 0 Å². The predicted octanol–water partition coefficient (Wildman–Crippen LogP) is 23.4. The Morgan fingerprint density at radius 1 is 0.442 bits per heavy atom. The Balaban J connectivity index is 0.000000177.